The summed E-state index contributed by atoms with van der Waals surface area (Å²) in [6.45, 7) is 7.59. The Labute approximate surface area is 200 Å². The van der Waals surface area contributed by atoms with E-state index in [1.807, 2.05) is 20.8 Å². The number of hydrogen-bond acceptors (Lipinski definition) is 7. The van der Waals surface area contributed by atoms with Gasteiger partial charge in [-0.15, -0.1) is 0 Å². The minimum atomic E-state index is -0.508. The minimum Gasteiger partial charge on any atom is -0.489 e. The van der Waals surface area contributed by atoms with Crippen LogP contribution in [0.3, 0.4) is 0 Å². The number of aryl methyl sites for hydroxylation is 1. The van der Waals surface area contributed by atoms with Crippen LogP contribution in [0, 0.1) is 12.7 Å². The van der Waals surface area contributed by atoms with Crippen molar-refractivity contribution in [2.45, 2.75) is 45.5 Å². The fourth-order valence-electron chi connectivity index (χ4n) is 4.83. The molecule has 4 heterocycles. The fraction of sp³-hybridized carbons (Fsp3) is 0.455. The Morgan fingerprint density at radius 3 is 2.76 bits per heavy atom. The predicted octanol–water partition coefficient (Wildman–Crippen LogP) is 2.46. The van der Waals surface area contributed by atoms with Gasteiger partial charge in [0.1, 0.15) is 29.8 Å². The molecular formula is C22H26ClFN8O2. The van der Waals surface area contributed by atoms with Gasteiger partial charge in [0, 0.05) is 43.3 Å². The normalized spacial score (nSPS) is 19.9. The number of fused-ring (bicyclic) bond motifs is 2. The summed E-state index contributed by atoms with van der Waals surface area (Å²) in [4.78, 5) is 23.5. The molecule has 5 rings (SSSR count). The molecule has 1 fully saturated rings. The van der Waals surface area contributed by atoms with Crippen LogP contribution in [-0.2, 0) is 6.54 Å². The van der Waals surface area contributed by atoms with Gasteiger partial charge in [0.2, 0.25) is 0 Å². The summed E-state index contributed by atoms with van der Waals surface area (Å²) in [6.07, 6.45) is 1.18. The van der Waals surface area contributed by atoms with Crippen molar-refractivity contribution >= 4 is 34.5 Å². The molecule has 2 atom stereocenters. The quantitative estimate of drug-likeness (QED) is 0.579. The van der Waals surface area contributed by atoms with Crippen LogP contribution in [0.5, 0.6) is 5.75 Å². The number of likely N-dealkylation sites (tertiary alicyclic amines) is 1. The lowest BCUT2D eigenvalue weighted by molar-refractivity contribution is 0.0386. The second-order valence-electron chi connectivity index (χ2n) is 8.99. The highest BCUT2D eigenvalue weighted by molar-refractivity contribution is 6.31. The summed E-state index contributed by atoms with van der Waals surface area (Å²) >= 11 is 6.37. The van der Waals surface area contributed by atoms with Crippen molar-refractivity contribution in [2.75, 3.05) is 25.4 Å². The average molecular weight is 489 g/mol. The van der Waals surface area contributed by atoms with Crippen molar-refractivity contribution in [3.8, 4) is 5.75 Å². The van der Waals surface area contributed by atoms with Crippen molar-refractivity contribution in [2.24, 2.45) is 5.73 Å². The number of ether oxygens (including phenoxy) is 1. The molecule has 2 aromatic heterocycles. The molecule has 3 aromatic rings. The number of urea groups is 1. The van der Waals surface area contributed by atoms with Gasteiger partial charge in [0.05, 0.1) is 22.1 Å². The fourth-order valence-corrected chi connectivity index (χ4v) is 5.06. The van der Waals surface area contributed by atoms with E-state index in [0.717, 1.165) is 0 Å². The van der Waals surface area contributed by atoms with Gasteiger partial charge in [0.25, 0.3) is 0 Å². The Morgan fingerprint density at radius 1 is 1.32 bits per heavy atom. The first kappa shape index (κ1) is 22.6. The predicted molar refractivity (Wildman–Crippen MR) is 125 cm³/mol. The standard InChI is InChI=1S/C22H26ClFN8O2/c1-10-5-30(13-6-31(7-13)22(26)33)8-15-18(24)16(23)4-14(19(15)34-10)12(3)32-21-17(11(2)29-32)20(25)27-9-28-21/h4,9-10,12-13H,5-8H2,1-3H3,(H2,26,33)(H2,25,27,28)/t10-,12?/m0/s1. The highest BCUT2D eigenvalue weighted by Crippen LogP contribution is 2.41. The second kappa shape index (κ2) is 8.24. The summed E-state index contributed by atoms with van der Waals surface area (Å²) < 4.78 is 23.4. The van der Waals surface area contributed by atoms with E-state index in [1.165, 1.54) is 6.33 Å². The SMILES string of the molecule is Cc1nn(C(C)c2cc(Cl)c(F)c3c2O[C@@H](C)CN(C2CN(C(N)=O)C2)C3)c2ncnc(N)c12. The number of anilines is 1. The van der Waals surface area contributed by atoms with Gasteiger partial charge in [-0.05, 0) is 26.8 Å². The largest absolute Gasteiger partial charge is 0.489 e. The van der Waals surface area contributed by atoms with Gasteiger partial charge in [-0.2, -0.15) is 5.10 Å². The zero-order chi connectivity index (χ0) is 24.3. The van der Waals surface area contributed by atoms with E-state index in [4.69, 9.17) is 27.8 Å². The van der Waals surface area contributed by atoms with Crippen LogP contribution in [-0.4, -0.2) is 67.4 Å². The number of hydrogen-bond donors (Lipinski definition) is 2. The van der Waals surface area contributed by atoms with Crippen molar-refractivity contribution in [1.29, 1.82) is 0 Å². The molecule has 2 aliphatic rings. The highest BCUT2D eigenvalue weighted by atomic mass is 35.5. The number of nitrogens with two attached hydrogens (primary N) is 2. The summed E-state index contributed by atoms with van der Waals surface area (Å²) in [7, 11) is 0. The van der Waals surface area contributed by atoms with Gasteiger partial charge in [-0.1, -0.05) is 11.6 Å². The molecule has 4 N–H and O–H groups in total. The third-order valence-electron chi connectivity index (χ3n) is 6.67. The molecule has 2 amide bonds. The molecule has 0 saturated carbocycles. The van der Waals surface area contributed by atoms with E-state index in [-0.39, 0.29) is 23.2 Å². The zero-order valence-electron chi connectivity index (χ0n) is 19.1. The maximum absolute atomic E-state index is 15.3. The van der Waals surface area contributed by atoms with E-state index in [9.17, 15) is 4.79 Å². The third-order valence-corrected chi connectivity index (χ3v) is 6.94. The Hall–Kier alpha value is -3.18. The van der Waals surface area contributed by atoms with Crippen molar-refractivity contribution in [3.63, 3.8) is 0 Å². The van der Waals surface area contributed by atoms with Gasteiger partial charge >= 0.3 is 6.03 Å². The van der Waals surface area contributed by atoms with Crippen LogP contribution < -0.4 is 16.2 Å². The third kappa shape index (κ3) is 3.59. The Morgan fingerprint density at radius 2 is 2.06 bits per heavy atom. The van der Waals surface area contributed by atoms with Crippen LogP contribution >= 0.6 is 11.6 Å². The smallest absolute Gasteiger partial charge is 0.314 e. The number of nitrogen functional groups attached to an aromatic ring is 1. The number of rotatable bonds is 3. The topological polar surface area (TPSA) is 128 Å². The van der Waals surface area contributed by atoms with Crippen molar-refractivity contribution in [1.82, 2.24) is 29.5 Å². The van der Waals surface area contributed by atoms with Crippen LogP contribution in [0.4, 0.5) is 15.0 Å². The Kier molecular flexibility index (Phi) is 5.48. The summed E-state index contributed by atoms with van der Waals surface area (Å²) in [5, 5.41) is 5.33. The molecule has 0 aliphatic carbocycles. The first-order valence-corrected chi connectivity index (χ1v) is 11.4. The van der Waals surface area contributed by atoms with E-state index < -0.39 is 11.8 Å². The lowest BCUT2D eigenvalue weighted by Gasteiger charge is -2.44. The van der Waals surface area contributed by atoms with E-state index in [0.29, 0.717) is 65.6 Å². The monoisotopic (exact) mass is 488 g/mol. The van der Waals surface area contributed by atoms with Crippen LogP contribution in [0.15, 0.2) is 12.4 Å². The summed E-state index contributed by atoms with van der Waals surface area (Å²) in [5.41, 5.74) is 13.8. The summed E-state index contributed by atoms with van der Waals surface area (Å²) in [5.74, 6) is 0.299. The molecule has 0 radical (unpaired) electrons. The van der Waals surface area contributed by atoms with Gasteiger partial charge in [-0.3, -0.25) is 4.90 Å². The molecule has 180 valence electrons. The molecular weight excluding hydrogens is 463 g/mol. The molecule has 10 nitrogen and oxygen atoms in total. The average Bonchev–Trinajstić information content (AvgIpc) is 2.98. The zero-order valence-corrected chi connectivity index (χ0v) is 19.9. The minimum absolute atomic E-state index is 0.00778. The van der Waals surface area contributed by atoms with Gasteiger partial charge in [-0.25, -0.2) is 23.8 Å². The van der Waals surface area contributed by atoms with Gasteiger partial charge < -0.3 is 21.1 Å². The molecule has 1 unspecified atom stereocenters. The Bertz CT molecular complexity index is 1290. The molecule has 1 aromatic carbocycles. The Balaban J connectivity index is 1.56. The maximum Gasteiger partial charge on any atom is 0.314 e. The molecule has 34 heavy (non-hydrogen) atoms. The van der Waals surface area contributed by atoms with Gasteiger partial charge in [0.15, 0.2) is 5.65 Å². The number of carbonyl (C=O) groups is 1. The summed E-state index contributed by atoms with van der Waals surface area (Å²) in [6, 6.07) is 0.840. The number of primary amides is 1. The number of halogens is 2. The number of aromatic nitrogens is 4. The lowest BCUT2D eigenvalue weighted by atomic mass is 10.0. The van der Waals surface area contributed by atoms with E-state index >= 15 is 4.39 Å². The highest BCUT2D eigenvalue weighted by Gasteiger charge is 2.38. The first-order chi connectivity index (χ1) is 16.2. The first-order valence-electron chi connectivity index (χ1n) is 11.1. The van der Waals surface area contributed by atoms with E-state index in [2.05, 4.69) is 20.0 Å². The van der Waals surface area contributed by atoms with Crippen LogP contribution in [0.1, 0.15) is 36.7 Å². The van der Waals surface area contributed by atoms with E-state index in [1.54, 1.807) is 15.6 Å². The second-order valence-corrected chi connectivity index (χ2v) is 9.39. The number of amides is 2. The molecule has 0 spiro atoms. The van der Waals surface area contributed by atoms with Crippen LogP contribution in [0.25, 0.3) is 11.0 Å². The number of benzene rings is 1. The number of nitrogens with zero attached hydrogens (tertiary/aromatic N) is 6. The molecule has 12 heteroatoms. The number of carbonyl (C=O) groups excluding carboxylic acids is 1. The lowest BCUT2D eigenvalue weighted by Crippen LogP contribution is -2.62. The maximum atomic E-state index is 15.3. The van der Waals surface area contributed by atoms with Crippen molar-refractivity contribution in [3.05, 3.63) is 40.1 Å². The molecule has 0 bridgehead atoms. The molecule has 2 aliphatic heterocycles. The van der Waals surface area contributed by atoms with Crippen LogP contribution in [0.2, 0.25) is 5.02 Å². The van der Waals surface area contributed by atoms with Crippen molar-refractivity contribution < 1.29 is 13.9 Å². The molecule has 1 saturated heterocycles.